The summed E-state index contributed by atoms with van der Waals surface area (Å²) in [6, 6.07) is 12.3. The summed E-state index contributed by atoms with van der Waals surface area (Å²) < 4.78 is 1.94. The molecule has 2 aromatic rings. The van der Waals surface area contributed by atoms with Gasteiger partial charge in [-0.3, -0.25) is 9.48 Å². The molecule has 1 aliphatic rings. The maximum absolute atomic E-state index is 12.7. The molecule has 1 saturated heterocycles. The molecule has 1 atom stereocenters. The minimum Gasteiger partial charge on any atom is -0.333 e. The Morgan fingerprint density at radius 1 is 1.35 bits per heavy atom. The van der Waals surface area contributed by atoms with Crippen molar-refractivity contribution >= 4 is 5.91 Å². The molecule has 1 unspecified atom stereocenters. The molecule has 0 bridgehead atoms. The van der Waals surface area contributed by atoms with Gasteiger partial charge >= 0.3 is 0 Å². The zero-order chi connectivity index (χ0) is 16.1. The van der Waals surface area contributed by atoms with E-state index in [1.54, 1.807) is 0 Å². The lowest BCUT2D eigenvalue weighted by atomic mass is 10.1. The molecule has 1 amide bonds. The van der Waals surface area contributed by atoms with Crippen LogP contribution in [0.5, 0.6) is 0 Å². The number of rotatable bonds is 5. The summed E-state index contributed by atoms with van der Waals surface area (Å²) in [5, 5.41) is 7.91. The topological polar surface area (TPSA) is 50.2 Å². The zero-order valence-electron chi connectivity index (χ0n) is 13.6. The zero-order valence-corrected chi connectivity index (χ0v) is 13.6. The molecule has 0 saturated carbocycles. The third-order valence-corrected chi connectivity index (χ3v) is 4.36. The maximum Gasteiger partial charge on any atom is 0.274 e. The van der Waals surface area contributed by atoms with Crippen LogP contribution in [-0.2, 0) is 6.54 Å². The fourth-order valence-corrected chi connectivity index (χ4v) is 3.01. The highest BCUT2D eigenvalue weighted by Gasteiger charge is 2.20. The average molecular weight is 312 g/mol. The monoisotopic (exact) mass is 312 g/mol. The van der Waals surface area contributed by atoms with Crippen LogP contribution in [0.2, 0.25) is 0 Å². The average Bonchev–Trinajstić information content (AvgIpc) is 3.11. The lowest BCUT2D eigenvalue weighted by molar-refractivity contribution is 0.0745. The van der Waals surface area contributed by atoms with E-state index in [2.05, 4.69) is 10.4 Å². The number of nitrogens with one attached hydrogen (secondary N) is 1. The summed E-state index contributed by atoms with van der Waals surface area (Å²) in [7, 11) is 0. The van der Waals surface area contributed by atoms with Gasteiger partial charge in [-0.1, -0.05) is 30.3 Å². The molecule has 0 radical (unpaired) electrons. The number of hydrogen-bond acceptors (Lipinski definition) is 3. The van der Waals surface area contributed by atoms with Crippen molar-refractivity contribution in [3.8, 4) is 0 Å². The van der Waals surface area contributed by atoms with E-state index < -0.39 is 0 Å². The van der Waals surface area contributed by atoms with Crippen molar-refractivity contribution in [1.82, 2.24) is 20.0 Å². The van der Waals surface area contributed by atoms with Crippen LogP contribution in [0.15, 0.2) is 42.6 Å². The van der Waals surface area contributed by atoms with Crippen molar-refractivity contribution in [3.63, 3.8) is 0 Å². The highest BCUT2D eigenvalue weighted by atomic mass is 16.2. The molecule has 5 heteroatoms. The highest BCUT2D eigenvalue weighted by molar-refractivity contribution is 5.92. The molecule has 3 rings (SSSR count). The second-order valence-electron chi connectivity index (χ2n) is 5.99. The number of benzene rings is 1. The molecule has 1 N–H and O–H groups in total. The Bertz CT molecular complexity index is 631. The van der Waals surface area contributed by atoms with Gasteiger partial charge in [0.15, 0.2) is 0 Å². The summed E-state index contributed by atoms with van der Waals surface area (Å²) >= 11 is 0. The molecule has 1 fully saturated rings. The Labute approximate surface area is 137 Å². The first kappa shape index (κ1) is 15.7. The molecule has 2 heterocycles. The summed E-state index contributed by atoms with van der Waals surface area (Å²) in [5.74, 6) is -0.00104. The van der Waals surface area contributed by atoms with Gasteiger partial charge in [-0.25, -0.2) is 0 Å². The van der Waals surface area contributed by atoms with Crippen molar-refractivity contribution in [3.05, 3.63) is 53.9 Å². The Morgan fingerprint density at radius 2 is 2.17 bits per heavy atom. The van der Waals surface area contributed by atoms with Crippen molar-refractivity contribution in [1.29, 1.82) is 0 Å². The molecule has 0 aliphatic carbocycles. The number of piperidine rings is 1. The molecule has 122 valence electrons. The van der Waals surface area contributed by atoms with Crippen LogP contribution < -0.4 is 5.32 Å². The van der Waals surface area contributed by atoms with E-state index in [4.69, 9.17) is 0 Å². The largest absolute Gasteiger partial charge is 0.333 e. The summed E-state index contributed by atoms with van der Waals surface area (Å²) in [6.07, 6.45) is 4.20. The predicted molar refractivity (Wildman–Crippen MR) is 90.2 cm³/mol. The van der Waals surface area contributed by atoms with Crippen LogP contribution in [0.25, 0.3) is 0 Å². The Balaban J connectivity index is 1.69. The molecule has 0 spiro atoms. The fourth-order valence-electron chi connectivity index (χ4n) is 3.01. The lowest BCUT2D eigenvalue weighted by Crippen LogP contribution is -2.33. The number of carbonyl (C=O) groups excluding carboxylic acids is 1. The fraction of sp³-hybridized carbons (Fsp3) is 0.444. The van der Waals surface area contributed by atoms with Gasteiger partial charge in [0, 0.05) is 25.8 Å². The van der Waals surface area contributed by atoms with Gasteiger partial charge in [-0.15, -0.1) is 0 Å². The number of aromatic nitrogens is 2. The minimum absolute atomic E-state index is 0.00104. The first-order valence-corrected chi connectivity index (χ1v) is 8.37. The van der Waals surface area contributed by atoms with Crippen LogP contribution in [0.4, 0.5) is 0 Å². The normalized spacial score (nSPS) is 17.9. The predicted octanol–water partition coefficient (Wildman–Crippen LogP) is 2.47. The van der Waals surface area contributed by atoms with Crippen molar-refractivity contribution in [2.75, 3.05) is 19.6 Å². The molecule has 1 aromatic carbocycles. The maximum atomic E-state index is 12.7. The SMILES string of the molecule is CCN(Cc1ccccc1)C(=O)c1ccn(C2CCCNC2)n1. The van der Waals surface area contributed by atoms with E-state index >= 15 is 0 Å². The number of nitrogens with zero attached hydrogens (tertiary/aromatic N) is 3. The van der Waals surface area contributed by atoms with Crippen LogP contribution in [0.3, 0.4) is 0 Å². The van der Waals surface area contributed by atoms with E-state index in [0.717, 1.165) is 31.5 Å². The molecular formula is C18H24N4O. The molecule has 23 heavy (non-hydrogen) atoms. The van der Waals surface area contributed by atoms with E-state index in [-0.39, 0.29) is 5.91 Å². The lowest BCUT2D eigenvalue weighted by Gasteiger charge is -2.23. The van der Waals surface area contributed by atoms with Crippen LogP contribution in [0.1, 0.15) is 41.9 Å². The van der Waals surface area contributed by atoms with Crippen LogP contribution >= 0.6 is 0 Å². The van der Waals surface area contributed by atoms with E-state index in [0.29, 0.717) is 24.8 Å². The van der Waals surface area contributed by atoms with E-state index in [9.17, 15) is 4.79 Å². The van der Waals surface area contributed by atoms with Gasteiger partial charge in [0.25, 0.3) is 5.91 Å². The quantitative estimate of drug-likeness (QED) is 0.923. The van der Waals surface area contributed by atoms with Crippen molar-refractivity contribution in [2.24, 2.45) is 0 Å². The van der Waals surface area contributed by atoms with Crippen molar-refractivity contribution in [2.45, 2.75) is 32.4 Å². The first-order chi connectivity index (χ1) is 11.3. The molecular weight excluding hydrogens is 288 g/mol. The van der Waals surface area contributed by atoms with Gasteiger partial charge < -0.3 is 10.2 Å². The Hall–Kier alpha value is -2.14. The number of amides is 1. The smallest absolute Gasteiger partial charge is 0.274 e. The summed E-state index contributed by atoms with van der Waals surface area (Å²) in [6.45, 7) is 5.30. The molecule has 1 aromatic heterocycles. The van der Waals surface area contributed by atoms with E-state index in [1.165, 1.54) is 0 Å². The molecule has 5 nitrogen and oxygen atoms in total. The number of hydrogen-bond donors (Lipinski definition) is 1. The first-order valence-electron chi connectivity index (χ1n) is 8.37. The second kappa shape index (κ2) is 7.42. The summed E-state index contributed by atoms with van der Waals surface area (Å²) in [4.78, 5) is 14.5. The Morgan fingerprint density at radius 3 is 2.87 bits per heavy atom. The van der Waals surface area contributed by atoms with Gasteiger partial charge in [0.05, 0.1) is 6.04 Å². The van der Waals surface area contributed by atoms with Gasteiger partial charge in [0.2, 0.25) is 0 Å². The van der Waals surface area contributed by atoms with Gasteiger partial charge in [-0.2, -0.15) is 5.10 Å². The standard InChI is InChI=1S/C18H24N4O/c1-2-21(14-15-7-4-3-5-8-15)18(23)17-10-12-22(20-17)16-9-6-11-19-13-16/h3-5,7-8,10,12,16,19H,2,6,9,11,13-14H2,1H3. The third-order valence-electron chi connectivity index (χ3n) is 4.36. The van der Waals surface area contributed by atoms with Crippen molar-refractivity contribution < 1.29 is 4.79 Å². The minimum atomic E-state index is -0.00104. The van der Waals surface area contributed by atoms with E-state index in [1.807, 2.05) is 59.1 Å². The Kier molecular flexibility index (Phi) is 5.08. The third kappa shape index (κ3) is 3.79. The molecule has 1 aliphatic heterocycles. The van der Waals surface area contributed by atoms with Crippen LogP contribution in [0, 0.1) is 0 Å². The second-order valence-corrected chi connectivity index (χ2v) is 5.99. The van der Waals surface area contributed by atoms with Gasteiger partial charge in [-0.05, 0) is 37.9 Å². The summed E-state index contributed by atoms with van der Waals surface area (Å²) in [5.41, 5.74) is 1.67. The van der Waals surface area contributed by atoms with Gasteiger partial charge in [0.1, 0.15) is 5.69 Å². The van der Waals surface area contributed by atoms with Crippen LogP contribution in [-0.4, -0.2) is 40.2 Å². The number of carbonyl (C=O) groups is 1. The highest BCUT2D eigenvalue weighted by Crippen LogP contribution is 2.16.